The average molecular weight is 295 g/mol. The van der Waals surface area contributed by atoms with Crippen molar-refractivity contribution in [1.29, 1.82) is 0 Å². The lowest BCUT2D eigenvalue weighted by molar-refractivity contribution is 0.0528. The first kappa shape index (κ1) is 15.9. The molecule has 0 unspecified atom stereocenters. The van der Waals surface area contributed by atoms with E-state index in [-0.39, 0.29) is 30.3 Å². The highest BCUT2D eigenvalue weighted by Crippen LogP contribution is 2.17. The Balaban J connectivity index is 2.10. The van der Waals surface area contributed by atoms with Crippen molar-refractivity contribution in [2.45, 2.75) is 38.6 Å². The number of nitrogens with one attached hydrogen (secondary N) is 1. The Bertz CT molecular complexity index is 466. The molecule has 7 heteroatoms. The van der Waals surface area contributed by atoms with E-state index in [0.717, 1.165) is 25.9 Å². The van der Waals surface area contributed by atoms with Crippen molar-refractivity contribution in [3.05, 3.63) is 11.6 Å². The summed E-state index contributed by atoms with van der Waals surface area (Å²) >= 11 is 0. The molecule has 1 fully saturated rings. The van der Waals surface area contributed by atoms with Crippen molar-refractivity contribution in [2.75, 3.05) is 33.3 Å². The molecule has 1 aromatic rings. The van der Waals surface area contributed by atoms with E-state index >= 15 is 0 Å². The molecule has 7 nitrogen and oxygen atoms in total. The van der Waals surface area contributed by atoms with Crippen LogP contribution in [0.15, 0.2) is 0 Å². The third-order valence-electron chi connectivity index (χ3n) is 3.97. The van der Waals surface area contributed by atoms with Gasteiger partial charge in [0.15, 0.2) is 0 Å². The molecule has 0 atom stereocenters. The molecule has 1 amide bonds. The summed E-state index contributed by atoms with van der Waals surface area (Å²) < 4.78 is 0. The number of H-pyrrole nitrogens is 1. The number of hydrogen-bond donors (Lipinski definition) is 2. The van der Waals surface area contributed by atoms with E-state index in [1.807, 2.05) is 13.8 Å². The van der Waals surface area contributed by atoms with Crippen LogP contribution in [0.4, 0.5) is 0 Å². The predicted octanol–water partition coefficient (Wildman–Crippen LogP) is 0.457. The third-order valence-corrected chi connectivity index (χ3v) is 3.97. The number of likely N-dealkylation sites (tertiary alicyclic amines) is 1. The minimum atomic E-state index is -0.193. The predicted molar refractivity (Wildman–Crippen MR) is 79.1 cm³/mol. The Hall–Kier alpha value is -1.47. The Kier molecular flexibility index (Phi) is 5.30. The summed E-state index contributed by atoms with van der Waals surface area (Å²) in [5, 5.41) is 16.1. The largest absolute Gasteiger partial charge is 0.395 e. The molecule has 2 rings (SSSR count). The summed E-state index contributed by atoms with van der Waals surface area (Å²) in [5.41, 5.74) is 0. The normalized spacial score (nSPS) is 17.4. The maximum Gasteiger partial charge on any atom is 0.293 e. The summed E-state index contributed by atoms with van der Waals surface area (Å²) in [6, 6.07) is 0.154. The maximum absolute atomic E-state index is 12.6. The number of piperidine rings is 1. The minimum absolute atomic E-state index is 0.0421. The second-order valence-corrected chi connectivity index (χ2v) is 5.96. The van der Waals surface area contributed by atoms with Gasteiger partial charge >= 0.3 is 0 Å². The van der Waals surface area contributed by atoms with E-state index in [0.29, 0.717) is 12.4 Å². The Morgan fingerprint density at radius 3 is 2.67 bits per heavy atom. The average Bonchev–Trinajstić information content (AvgIpc) is 2.95. The lowest BCUT2D eigenvalue weighted by Crippen LogP contribution is -2.48. The molecule has 0 radical (unpaired) electrons. The third kappa shape index (κ3) is 3.79. The smallest absolute Gasteiger partial charge is 0.293 e. The Morgan fingerprint density at radius 2 is 2.14 bits per heavy atom. The van der Waals surface area contributed by atoms with E-state index in [1.54, 1.807) is 4.90 Å². The van der Waals surface area contributed by atoms with E-state index in [1.165, 1.54) is 0 Å². The standard InChI is InChI=1S/C14H25N5O2/c1-10(2)12-15-13(17-16-12)14(21)19(8-9-20)11-4-6-18(3)7-5-11/h10-11,20H,4-9H2,1-3H3,(H,15,16,17). The van der Waals surface area contributed by atoms with Crippen LogP contribution >= 0.6 is 0 Å². The summed E-state index contributed by atoms with van der Waals surface area (Å²) in [4.78, 5) is 20.9. The van der Waals surface area contributed by atoms with Gasteiger partial charge in [-0.25, -0.2) is 4.98 Å². The van der Waals surface area contributed by atoms with Gasteiger partial charge in [0.1, 0.15) is 5.82 Å². The minimum Gasteiger partial charge on any atom is -0.395 e. The van der Waals surface area contributed by atoms with Crippen LogP contribution in [0.5, 0.6) is 0 Å². The van der Waals surface area contributed by atoms with Crippen LogP contribution in [-0.2, 0) is 0 Å². The van der Waals surface area contributed by atoms with Crippen molar-refractivity contribution in [3.63, 3.8) is 0 Å². The molecule has 1 aliphatic heterocycles. The van der Waals surface area contributed by atoms with Crippen LogP contribution < -0.4 is 0 Å². The molecule has 1 saturated heterocycles. The second-order valence-electron chi connectivity index (χ2n) is 5.96. The number of aliphatic hydroxyl groups excluding tert-OH is 1. The van der Waals surface area contributed by atoms with Gasteiger partial charge in [-0.05, 0) is 33.0 Å². The SMILES string of the molecule is CC(C)c1nc(C(=O)N(CCO)C2CCN(C)CC2)n[nH]1. The number of carbonyl (C=O) groups excluding carboxylic acids is 1. The topological polar surface area (TPSA) is 85.3 Å². The zero-order valence-corrected chi connectivity index (χ0v) is 13.0. The lowest BCUT2D eigenvalue weighted by atomic mass is 10.0. The zero-order valence-electron chi connectivity index (χ0n) is 13.0. The molecule has 2 heterocycles. The van der Waals surface area contributed by atoms with Gasteiger partial charge in [-0.2, -0.15) is 0 Å². The molecule has 21 heavy (non-hydrogen) atoms. The first-order valence-electron chi connectivity index (χ1n) is 7.55. The monoisotopic (exact) mass is 295 g/mol. The van der Waals surface area contributed by atoms with Gasteiger partial charge in [-0.15, -0.1) is 5.10 Å². The highest BCUT2D eigenvalue weighted by Gasteiger charge is 2.29. The fourth-order valence-electron chi connectivity index (χ4n) is 2.62. The van der Waals surface area contributed by atoms with Gasteiger partial charge in [-0.1, -0.05) is 13.8 Å². The van der Waals surface area contributed by atoms with Crippen molar-refractivity contribution >= 4 is 5.91 Å². The molecule has 0 aromatic carbocycles. The molecule has 1 aromatic heterocycles. The number of aromatic nitrogens is 3. The number of carbonyl (C=O) groups is 1. The van der Waals surface area contributed by atoms with E-state index in [4.69, 9.17) is 0 Å². The van der Waals surface area contributed by atoms with Crippen LogP contribution in [0.3, 0.4) is 0 Å². The number of amides is 1. The van der Waals surface area contributed by atoms with E-state index in [9.17, 15) is 9.90 Å². The van der Waals surface area contributed by atoms with Crippen molar-refractivity contribution < 1.29 is 9.90 Å². The lowest BCUT2D eigenvalue weighted by Gasteiger charge is -2.36. The van der Waals surface area contributed by atoms with Gasteiger partial charge in [0.2, 0.25) is 5.82 Å². The van der Waals surface area contributed by atoms with Gasteiger partial charge in [-0.3, -0.25) is 9.89 Å². The number of aromatic amines is 1. The van der Waals surface area contributed by atoms with Gasteiger partial charge in [0.05, 0.1) is 6.61 Å². The van der Waals surface area contributed by atoms with E-state index in [2.05, 4.69) is 27.1 Å². The summed E-state index contributed by atoms with van der Waals surface area (Å²) in [7, 11) is 2.08. The van der Waals surface area contributed by atoms with Crippen molar-refractivity contribution in [2.24, 2.45) is 0 Å². The first-order valence-corrected chi connectivity index (χ1v) is 7.55. The molecular formula is C14H25N5O2. The highest BCUT2D eigenvalue weighted by atomic mass is 16.3. The summed E-state index contributed by atoms with van der Waals surface area (Å²) in [6.45, 7) is 6.21. The molecule has 1 aliphatic rings. The second kappa shape index (κ2) is 7.00. The molecule has 0 saturated carbocycles. The number of rotatable bonds is 5. The number of aliphatic hydroxyl groups is 1. The Labute approximate surface area is 125 Å². The van der Waals surface area contributed by atoms with Crippen LogP contribution in [0.2, 0.25) is 0 Å². The van der Waals surface area contributed by atoms with Crippen molar-refractivity contribution in [3.8, 4) is 0 Å². The Morgan fingerprint density at radius 1 is 1.48 bits per heavy atom. The molecule has 0 bridgehead atoms. The summed E-state index contributed by atoms with van der Waals surface area (Å²) in [5.74, 6) is 0.923. The quantitative estimate of drug-likeness (QED) is 0.824. The highest BCUT2D eigenvalue weighted by molar-refractivity contribution is 5.90. The molecule has 0 spiro atoms. The molecular weight excluding hydrogens is 270 g/mol. The molecule has 118 valence electrons. The number of nitrogens with zero attached hydrogens (tertiary/aromatic N) is 4. The molecule has 2 N–H and O–H groups in total. The first-order chi connectivity index (χ1) is 10.0. The van der Waals surface area contributed by atoms with Crippen LogP contribution in [-0.4, -0.2) is 75.3 Å². The van der Waals surface area contributed by atoms with E-state index < -0.39 is 0 Å². The van der Waals surface area contributed by atoms with Gasteiger partial charge < -0.3 is 14.9 Å². The number of hydrogen-bond acceptors (Lipinski definition) is 5. The van der Waals surface area contributed by atoms with Crippen LogP contribution in [0, 0.1) is 0 Å². The fourth-order valence-corrected chi connectivity index (χ4v) is 2.62. The molecule has 0 aliphatic carbocycles. The fraction of sp³-hybridized carbons (Fsp3) is 0.786. The van der Waals surface area contributed by atoms with Crippen LogP contribution in [0.25, 0.3) is 0 Å². The van der Waals surface area contributed by atoms with Gasteiger partial charge in [0, 0.05) is 18.5 Å². The van der Waals surface area contributed by atoms with Crippen LogP contribution in [0.1, 0.15) is 49.1 Å². The maximum atomic E-state index is 12.6. The summed E-state index contributed by atoms with van der Waals surface area (Å²) in [6.07, 6.45) is 1.84. The van der Waals surface area contributed by atoms with Gasteiger partial charge in [0.25, 0.3) is 5.91 Å². The van der Waals surface area contributed by atoms with Crippen molar-refractivity contribution in [1.82, 2.24) is 25.0 Å². The zero-order chi connectivity index (χ0) is 15.4.